The Hall–Kier alpha value is -2.83. The molecule has 4 rings (SSSR count). The van der Waals surface area contributed by atoms with Crippen molar-refractivity contribution in [3.05, 3.63) is 47.5 Å². The molecule has 1 aliphatic carbocycles. The zero-order valence-corrected chi connectivity index (χ0v) is 13.3. The van der Waals surface area contributed by atoms with Crippen molar-refractivity contribution in [2.75, 3.05) is 5.32 Å². The van der Waals surface area contributed by atoms with Crippen molar-refractivity contribution >= 4 is 17.7 Å². The maximum absolute atomic E-state index is 12.4. The van der Waals surface area contributed by atoms with Crippen LogP contribution in [0.3, 0.4) is 0 Å². The lowest BCUT2D eigenvalue weighted by molar-refractivity contribution is 0.0535. The summed E-state index contributed by atoms with van der Waals surface area (Å²) in [5.74, 6) is 0.980. The third kappa shape index (κ3) is 2.73. The van der Waals surface area contributed by atoms with Crippen LogP contribution in [0.4, 0.5) is 10.5 Å². The molecule has 2 N–H and O–H groups in total. The number of amides is 2. The molecule has 24 heavy (non-hydrogen) atoms. The zero-order valence-electron chi connectivity index (χ0n) is 13.3. The van der Waals surface area contributed by atoms with Crippen molar-refractivity contribution in [1.82, 2.24) is 14.9 Å². The number of carbonyl (C=O) groups is 2. The fourth-order valence-electron chi connectivity index (χ4n) is 3.02. The SMILES string of the molecule is Cn1ccnc1C(NC(=O)Nc1ccc2c(c1)COC2=O)C1CC1. The Labute approximate surface area is 139 Å². The normalized spacial score (nSPS) is 17.1. The lowest BCUT2D eigenvalue weighted by atomic mass is 10.1. The van der Waals surface area contributed by atoms with E-state index in [1.54, 1.807) is 24.4 Å². The van der Waals surface area contributed by atoms with Gasteiger partial charge in [-0.1, -0.05) is 0 Å². The molecule has 1 aromatic carbocycles. The number of aryl methyl sites for hydroxylation is 1. The zero-order chi connectivity index (χ0) is 16.7. The van der Waals surface area contributed by atoms with Gasteiger partial charge in [0.2, 0.25) is 0 Å². The van der Waals surface area contributed by atoms with Gasteiger partial charge in [0, 0.05) is 30.7 Å². The predicted molar refractivity (Wildman–Crippen MR) is 86.4 cm³/mol. The number of ether oxygens (including phenoxy) is 1. The Morgan fingerprint density at radius 2 is 2.25 bits per heavy atom. The molecule has 2 amide bonds. The minimum atomic E-state index is -0.315. The molecule has 1 aromatic heterocycles. The number of nitrogens with one attached hydrogen (secondary N) is 2. The van der Waals surface area contributed by atoms with Crippen LogP contribution in [0.25, 0.3) is 0 Å². The minimum Gasteiger partial charge on any atom is -0.457 e. The number of hydrogen-bond donors (Lipinski definition) is 2. The quantitative estimate of drug-likeness (QED) is 0.845. The molecule has 1 saturated carbocycles. The van der Waals surface area contributed by atoms with Crippen LogP contribution in [0.2, 0.25) is 0 Å². The average molecular weight is 326 g/mol. The lowest BCUT2D eigenvalue weighted by Crippen LogP contribution is -2.35. The van der Waals surface area contributed by atoms with E-state index in [4.69, 9.17) is 4.74 Å². The molecule has 1 unspecified atom stereocenters. The second-order valence-corrected chi connectivity index (χ2v) is 6.26. The highest BCUT2D eigenvalue weighted by molar-refractivity contribution is 5.95. The number of urea groups is 1. The fourth-order valence-corrected chi connectivity index (χ4v) is 3.02. The molecule has 2 aromatic rings. The van der Waals surface area contributed by atoms with Gasteiger partial charge in [-0.2, -0.15) is 0 Å². The maximum atomic E-state index is 12.4. The number of anilines is 1. The summed E-state index contributed by atoms with van der Waals surface area (Å²) in [5, 5.41) is 5.84. The Kier molecular flexibility index (Phi) is 3.48. The summed E-state index contributed by atoms with van der Waals surface area (Å²) in [6.07, 6.45) is 5.80. The van der Waals surface area contributed by atoms with E-state index in [-0.39, 0.29) is 24.6 Å². The molecule has 0 spiro atoms. The van der Waals surface area contributed by atoms with E-state index < -0.39 is 0 Å². The van der Waals surface area contributed by atoms with Gasteiger partial charge in [-0.15, -0.1) is 0 Å². The van der Waals surface area contributed by atoms with E-state index >= 15 is 0 Å². The summed E-state index contributed by atoms with van der Waals surface area (Å²) >= 11 is 0. The maximum Gasteiger partial charge on any atom is 0.338 e. The van der Waals surface area contributed by atoms with Crippen molar-refractivity contribution in [1.29, 1.82) is 0 Å². The number of imidazole rings is 1. The molecule has 1 atom stereocenters. The van der Waals surface area contributed by atoms with Crippen LogP contribution >= 0.6 is 0 Å². The standard InChI is InChI=1S/C17H18N4O3/c1-21-7-6-18-15(21)14(10-2-3-10)20-17(23)19-12-4-5-13-11(8-12)9-24-16(13)22/h4-8,10,14H,2-3,9H2,1H3,(H2,19,20,23). The molecule has 2 aliphatic rings. The van der Waals surface area contributed by atoms with Gasteiger partial charge in [-0.05, 0) is 37.0 Å². The van der Waals surface area contributed by atoms with Crippen LogP contribution in [0.15, 0.2) is 30.6 Å². The van der Waals surface area contributed by atoms with Gasteiger partial charge in [-0.25, -0.2) is 14.6 Å². The number of carbonyl (C=O) groups excluding carboxylic acids is 2. The fraction of sp³-hybridized carbons (Fsp3) is 0.353. The summed E-state index contributed by atoms with van der Waals surface area (Å²) in [6.45, 7) is 0.253. The smallest absolute Gasteiger partial charge is 0.338 e. The monoisotopic (exact) mass is 326 g/mol. The molecule has 0 saturated heterocycles. The van der Waals surface area contributed by atoms with Crippen LogP contribution in [-0.4, -0.2) is 21.6 Å². The molecule has 2 heterocycles. The number of cyclic esters (lactones) is 1. The van der Waals surface area contributed by atoms with E-state index in [9.17, 15) is 9.59 Å². The molecular formula is C17H18N4O3. The highest BCUT2D eigenvalue weighted by Crippen LogP contribution is 2.40. The second kappa shape index (κ2) is 5.67. The summed E-state index contributed by atoms with van der Waals surface area (Å²) in [7, 11) is 1.93. The van der Waals surface area contributed by atoms with Crippen LogP contribution in [0, 0.1) is 5.92 Å². The van der Waals surface area contributed by atoms with Crippen molar-refractivity contribution < 1.29 is 14.3 Å². The minimum absolute atomic E-state index is 0.0932. The van der Waals surface area contributed by atoms with Crippen molar-refractivity contribution in [2.24, 2.45) is 13.0 Å². The summed E-state index contributed by atoms with van der Waals surface area (Å²) in [5.41, 5.74) is 1.99. The van der Waals surface area contributed by atoms with Crippen molar-refractivity contribution in [2.45, 2.75) is 25.5 Å². The molecule has 0 bridgehead atoms. The first-order chi connectivity index (χ1) is 11.6. The Morgan fingerprint density at radius 3 is 2.96 bits per heavy atom. The van der Waals surface area contributed by atoms with E-state index in [1.807, 2.05) is 17.8 Å². The van der Waals surface area contributed by atoms with Gasteiger partial charge in [0.25, 0.3) is 0 Å². The van der Waals surface area contributed by atoms with Gasteiger partial charge in [0.1, 0.15) is 12.4 Å². The number of fused-ring (bicyclic) bond motifs is 1. The van der Waals surface area contributed by atoms with E-state index in [0.29, 0.717) is 17.2 Å². The van der Waals surface area contributed by atoms with Gasteiger partial charge in [0.15, 0.2) is 0 Å². The predicted octanol–water partition coefficient (Wildman–Crippen LogP) is 2.36. The number of nitrogens with zero attached hydrogens (tertiary/aromatic N) is 2. The molecule has 7 heteroatoms. The Balaban J connectivity index is 1.46. The van der Waals surface area contributed by atoms with E-state index in [0.717, 1.165) is 24.2 Å². The van der Waals surface area contributed by atoms with E-state index in [1.165, 1.54) is 0 Å². The number of hydrogen-bond acceptors (Lipinski definition) is 4. The average Bonchev–Trinajstić information content (AvgIpc) is 3.22. The molecule has 7 nitrogen and oxygen atoms in total. The second-order valence-electron chi connectivity index (χ2n) is 6.26. The lowest BCUT2D eigenvalue weighted by Gasteiger charge is -2.18. The summed E-state index contributed by atoms with van der Waals surface area (Å²) in [6, 6.07) is 4.78. The van der Waals surface area contributed by atoms with Gasteiger partial charge in [0.05, 0.1) is 11.6 Å². The molecular weight excluding hydrogens is 308 g/mol. The number of esters is 1. The van der Waals surface area contributed by atoms with Crippen LogP contribution < -0.4 is 10.6 Å². The largest absolute Gasteiger partial charge is 0.457 e. The van der Waals surface area contributed by atoms with E-state index in [2.05, 4.69) is 15.6 Å². The third-order valence-corrected chi connectivity index (χ3v) is 4.46. The van der Waals surface area contributed by atoms with Gasteiger partial charge >= 0.3 is 12.0 Å². The molecule has 0 radical (unpaired) electrons. The molecule has 1 aliphatic heterocycles. The first kappa shape index (κ1) is 14.7. The topological polar surface area (TPSA) is 85.2 Å². The highest BCUT2D eigenvalue weighted by atomic mass is 16.5. The van der Waals surface area contributed by atoms with Crippen LogP contribution in [0.5, 0.6) is 0 Å². The number of benzene rings is 1. The highest BCUT2D eigenvalue weighted by Gasteiger charge is 2.35. The Bertz CT molecular complexity index is 810. The van der Waals surface area contributed by atoms with Crippen molar-refractivity contribution in [3.8, 4) is 0 Å². The molecule has 124 valence electrons. The van der Waals surface area contributed by atoms with Crippen LogP contribution in [0.1, 0.15) is 40.6 Å². The third-order valence-electron chi connectivity index (χ3n) is 4.46. The van der Waals surface area contributed by atoms with Gasteiger partial charge < -0.3 is 19.9 Å². The Morgan fingerprint density at radius 1 is 1.42 bits per heavy atom. The first-order valence-electron chi connectivity index (χ1n) is 7.96. The van der Waals surface area contributed by atoms with Gasteiger partial charge in [-0.3, -0.25) is 0 Å². The molecule has 1 fully saturated rings. The number of rotatable bonds is 4. The van der Waals surface area contributed by atoms with Crippen LogP contribution in [-0.2, 0) is 18.4 Å². The number of aromatic nitrogens is 2. The van der Waals surface area contributed by atoms with Crippen molar-refractivity contribution in [3.63, 3.8) is 0 Å². The summed E-state index contributed by atoms with van der Waals surface area (Å²) in [4.78, 5) is 28.2. The first-order valence-corrected chi connectivity index (χ1v) is 7.96. The summed E-state index contributed by atoms with van der Waals surface area (Å²) < 4.78 is 6.90.